The van der Waals surface area contributed by atoms with E-state index >= 15 is 0 Å². The van der Waals surface area contributed by atoms with Crippen LogP contribution in [0.5, 0.6) is 0 Å². The molecule has 0 aliphatic carbocycles. The number of allylic oxidation sites excluding steroid dienone is 2. The molecular weight excluding hydrogens is 290 g/mol. The fraction of sp³-hybridized carbons (Fsp3) is 0.913. The summed E-state index contributed by atoms with van der Waals surface area (Å²) in [6.45, 7) is 34.2. The highest BCUT2D eigenvalue weighted by molar-refractivity contribution is 5.33. The van der Waals surface area contributed by atoms with E-state index in [9.17, 15) is 0 Å². The van der Waals surface area contributed by atoms with E-state index in [1.165, 1.54) is 0 Å². The number of rotatable bonds is 3. The predicted molar refractivity (Wildman–Crippen MR) is 109 cm³/mol. The molecule has 0 aromatic heterocycles. The average molecular weight is 336 g/mol. The van der Waals surface area contributed by atoms with Gasteiger partial charge >= 0.3 is 0 Å². The van der Waals surface area contributed by atoms with Crippen molar-refractivity contribution in [3.05, 3.63) is 11.3 Å². The van der Waals surface area contributed by atoms with Crippen LogP contribution in [0.1, 0.15) is 96.9 Å². The van der Waals surface area contributed by atoms with Crippen LogP contribution in [-0.2, 0) is 0 Å². The molecule has 1 heteroatoms. The summed E-state index contributed by atoms with van der Waals surface area (Å²) in [5.41, 5.74) is 3.81. The zero-order valence-corrected chi connectivity index (χ0v) is 19.2. The van der Waals surface area contributed by atoms with E-state index in [0.717, 1.165) is 0 Å². The van der Waals surface area contributed by atoms with Crippen molar-refractivity contribution in [1.29, 1.82) is 0 Å². The molecule has 0 saturated heterocycles. The molecule has 142 valence electrons. The van der Waals surface area contributed by atoms with Crippen molar-refractivity contribution in [3.63, 3.8) is 0 Å². The summed E-state index contributed by atoms with van der Waals surface area (Å²) in [7, 11) is 0. The molecule has 0 fully saturated rings. The van der Waals surface area contributed by atoms with Gasteiger partial charge < -0.3 is 4.90 Å². The minimum absolute atomic E-state index is 0.0815. The van der Waals surface area contributed by atoms with Crippen LogP contribution in [0, 0.1) is 28.1 Å². The van der Waals surface area contributed by atoms with Crippen molar-refractivity contribution >= 4 is 0 Å². The van der Waals surface area contributed by atoms with Crippen molar-refractivity contribution in [2.24, 2.45) is 28.1 Å². The van der Waals surface area contributed by atoms with Crippen LogP contribution >= 0.6 is 0 Å². The van der Waals surface area contributed by atoms with E-state index in [4.69, 9.17) is 0 Å². The Morgan fingerprint density at radius 1 is 0.625 bits per heavy atom. The Bertz CT molecular complexity index is 498. The highest BCUT2D eigenvalue weighted by Gasteiger charge is 2.61. The zero-order valence-electron chi connectivity index (χ0n) is 19.2. The summed E-state index contributed by atoms with van der Waals surface area (Å²) in [6, 6.07) is 0.495. The molecule has 0 saturated carbocycles. The first kappa shape index (κ1) is 21.6. The van der Waals surface area contributed by atoms with Crippen molar-refractivity contribution in [2.45, 2.75) is 109 Å². The molecule has 1 aliphatic heterocycles. The lowest BCUT2D eigenvalue weighted by atomic mass is 9.48. The van der Waals surface area contributed by atoms with Gasteiger partial charge in [-0.1, -0.05) is 69.2 Å². The lowest BCUT2D eigenvalue weighted by Crippen LogP contribution is -2.61. The Kier molecular flexibility index (Phi) is 5.45. The second-order valence-corrected chi connectivity index (χ2v) is 11.0. The monoisotopic (exact) mass is 335 g/mol. The predicted octanol–water partition coefficient (Wildman–Crippen LogP) is 7.13. The molecule has 0 bridgehead atoms. The summed E-state index contributed by atoms with van der Waals surface area (Å²) in [5, 5.41) is 0. The average Bonchev–Trinajstić information content (AvgIpc) is 2.36. The van der Waals surface area contributed by atoms with E-state index in [1.54, 1.807) is 11.3 Å². The zero-order chi connectivity index (χ0) is 19.5. The number of nitrogens with zero attached hydrogens (tertiary/aromatic N) is 1. The Balaban J connectivity index is 4.07. The molecular formula is C23H45N. The first-order valence-electron chi connectivity index (χ1n) is 10.00. The third-order valence-electron chi connectivity index (χ3n) is 8.11. The van der Waals surface area contributed by atoms with E-state index in [-0.39, 0.29) is 21.8 Å². The van der Waals surface area contributed by atoms with Gasteiger partial charge in [0.1, 0.15) is 0 Å². The van der Waals surface area contributed by atoms with Gasteiger partial charge in [-0.05, 0) is 61.3 Å². The van der Waals surface area contributed by atoms with Gasteiger partial charge in [-0.3, -0.25) is 0 Å². The van der Waals surface area contributed by atoms with E-state index < -0.39 is 0 Å². The van der Waals surface area contributed by atoms with Crippen LogP contribution in [0.15, 0.2) is 11.3 Å². The molecule has 0 spiro atoms. The lowest BCUT2D eigenvalue weighted by molar-refractivity contribution is -0.0910. The summed E-state index contributed by atoms with van der Waals surface area (Å²) >= 11 is 0. The van der Waals surface area contributed by atoms with Gasteiger partial charge in [-0.2, -0.15) is 0 Å². The third kappa shape index (κ3) is 2.65. The standard InChI is InChI=1S/C23H45N/c1-15(2)18-19(16(3)4)24(17(5)6)23(13,14)22(11,12)21(9,10)20(18,7)8/h15-17H,1-14H3. The number of hydrogen-bond acceptors (Lipinski definition) is 1. The van der Waals surface area contributed by atoms with Crippen LogP contribution < -0.4 is 0 Å². The van der Waals surface area contributed by atoms with Crippen molar-refractivity contribution in [1.82, 2.24) is 4.90 Å². The third-order valence-corrected chi connectivity index (χ3v) is 8.11. The molecule has 0 N–H and O–H groups in total. The van der Waals surface area contributed by atoms with Crippen molar-refractivity contribution in [3.8, 4) is 0 Å². The van der Waals surface area contributed by atoms with E-state index in [1.807, 2.05) is 0 Å². The van der Waals surface area contributed by atoms with Gasteiger partial charge in [0, 0.05) is 17.3 Å². The normalized spacial score (nSPS) is 25.6. The summed E-state index contributed by atoms with van der Waals surface area (Å²) in [4.78, 5) is 2.77. The maximum Gasteiger partial charge on any atom is 0.0402 e. The molecule has 0 aromatic carbocycles. The first-order valence-corrected chi connectivity index (χ1v) is 10.00. The Labute approximate surface area is 153 Å². The molecule has 24 heavy (non-hydrogen) atoms. The Morgan fingerprint density at radius 2 is 1.04 bits per heavy atom. The van der Waals surface area contributed by atoms with E-state index in [2.05, 4.69) is 102 Å². The molecule has 0 amide bonds. The summed E-state index contributed by atoms with van der Waals surface area (Å²) < 4.78 is 0. The molecule has 1 aliphatic rings. The smallest absolute Gasteiger partial charge is 0.0402 e. The molecule has 0 radical (unpaired) electrons. The fourth-order valence-electron chi connectivity index (χ4n) is 5.47. The van der Waals surface area contributed by atoms with Crippen LogP contribution in [0.25, 0.3) is 0 Å². The van der Waals surface area contributed by atoms with Crippen LogP contribution in [-0.4, -0.2) is 16.5 Å². The number of hydrogen-bond donors (Lipinski definition) is 0. The van der Waals surface area contributed by atoms with Crippen molar-refractivity contribution < 1.29 is 0 Å². The summed E-state index contributed by atoms with van der Waals surface area (Å²) in [6.07, 6.45) is 0. The van der Waals surface area contributed by atoms with Gasteiger partial charge in [0.15, 0.2) is 0 Å². The highest BCUT2D eigenvalue weighted by Crippen LogP contribution is 2.64. The van der Waals surface area contributed by atoms with Gasteiger partial charge in [-0.25, -0.2) is 0 Å². The molecule has 0 aromatic rings. The molecule has 1 rings (SSSR count). The van der Waals surface area contributed by atoms with Crippen LogP contribution in [0.2, 0.25) is 0 Å². The molecule has 0 atom stereocenters. The van der Waals surface area contributed by atoms with Crippen LogP contribution in [0.3, 0.4) is 0 Å². The summed E-state index contributed by atoms with van der Waals surface area (Å²) in [5.74, 6) is 1.09. The maximum absolute atomic E-state index is 2.77. The molecule has 1 nitrogen and oxygen atoms in total. The van der Waals surface area contributed by atoms with Gasteiger partial charge in [0.05, 0.1) is 0 Å². The topological polar surface area (TPSA) is 3.24 Å². The van der Waals surface area contributed by atoms with Crippen molar-refractivity contribution in [2.75, 3.05) is 0 Å². The molecule has 0 unspecified atom stereocenters. The van der Waals surface area contributed by atoms with Gasteiger partial charge in [0.2, 0.25) is 0 Å². The van der Waals surface area contributed by atoms with Crippen LogP contribution in [0.4, 0.5) is 0 Å². The van der Waals surface area contributed by atoms with Gasteiger partial charge in [0.25, 0.3) is 0 Å². The fourth-order valence-corrected chi connectivity index (χ4v) is 5.47. The Hall–Kier alpha value is -0.460. The lowest BCUT2D eigenvalue weighted by Gasteiger charge is -2.60. The molecule has 1 heterocycles. The SMILES string of the molecule is CC(C)C1=C(C(C)C)C(C)(C)C(C)(C)C(C)(C)C(C)(C)N1C(C)C. The highest BCUT2D eigenvalue weighted by atomic mass is 15.2. The Morgan fingerprint density at radius 3 is 1.33 bits per heavy atom. The van der Waals surface area contributed by atoms with Gasteiger partial charge in [-0.15, -0.1) is 0 Å². The minimum Gasteiger partial charge on any atom is -0.367 e. The maximum atomic E-state index is 2.77. The second-order valence-electron chi connectivity index (χ2n) is 11.0. The second kappa shape index (κ2) is 6.06. The first-order chi connectivity index (χ1) is 10.5. The van der Waals surface area contributed by atoms with E-state index in [0.29, 0.717) is 17.9 Å². The minimum atomic E-state index is 0.0815. The largest absolute Gasteiger partial charge is 0.367 e. The quantitative estimate of drug-likeness (QED) is 0.530.